The first-order chi connectivity index (χ1) is 4.70. The summed E-state index contributed by atoms with van der Waals surface area (Å²) in [4.78, 5) is 4.07. The fourth-order valence-corrected chi connectivity index (χ4v) is 0.763. The van der Waals surface area contributed by atoms with Gasteiger partial charge in [-0.25, -0.2) is 0 Å². The highest BCUT2D eigenvalue weighted by Gasteiger charge is 1.96. The van der Waals surface area contributed by atoms with Crippen LogP contribution in [0.4, 0.5) is 0 Å². The van der Waals surface area contributed by atoms with Gasteiger partial charge in [-0.15, -0.1) is 0 Å². The number of allylic oxidation sites excluding steroid dienone is 1. The van der Waals surface area contributed by atoms with Crippen LogP contribution in [0.25, 0.3) is 0 Å². The second kappa shape index (κ2) is 5.03. The topological polar surface area (TPSA) is 38.4 Å². The first kappa shape index (κ1) is 9.21. The van der Waals surface area contributed by atoms with E-state index in [1.165, 1.54) is 6.20 Å². The van der Waals surface area contributed by atoms with E-state index in [4.69, 9.17) is 5.73 Å². The molecule has 0 rings (SSSR count). The van der Waals surface area contributed by atoms with E-state index in [-0.39, 0.29) is 0 Å². The van der Waals surface area contributed by atoms with Crippen LogP contribution < -0.4 is 5.73 Å². The highest BCUT2D eigenvalue weighted by atomic mass is 14.7. The van der Waals surface area contributed by atoms with Crippen molar-refractivity contribution < 1.29 is 0 Å². The lowest BCUT2D eigenvalue weighted by molar-refractivity contribution is 0.684. The van der Waals surface area contributed by atoms with Crippen molar-refractivity contribution in [1.82, 2.24) is 0 Å². The Kier molecular flexibility index (Phi) is 4.63. The highest BCUT2D eigenvalue weighted by Crippen LogP contribution is 2.01. The average molecular weight is 140 g/mol. The Bertz CT molecular complexity index is 134. The van der Waals surface area contributed by atoms with Crippen molar-refractivity contribution in [3.05, 3.63) is 12.3 Å². The van der Waals surface area contributed by atoms with Gasteiger partial charge in [-0.3, -0.25) is 4.99 Å². The summed E-state index contributed by atoms with van der Waals surface area (Å²) in [6, 6.07) is 0. The predicted octanol–water partition coefficient (Wildman–Crippen LogP) is 1.58. The normalized spacial score (nSPS) is 13.4. The van der Waals surface area contributed by atoms with Gasteiger partial charge in [0.15, 0.2) is 0 Å². The molecule has 0 radical (unpaired) electrons. The molecule has 0 amide bonds. The van der Waals surface area contributed by atoms with Crippen LogP contribution in [0.2, 0.25) is 0 Å². The predicted molar refractivity (Wildman–Crippen MR) is 46.1 cm³/mol. The smallest absolute Gasteiger partial charge is 0.0361 e. The number of rotatable bonds is 3. The molecule has 0 atom stereocenters. The fraction of sp³-hybridized carbons (Fsp3) is 0.625. The quantitative estimate of drug-likeness (QED) is 0.594. The van der Waals surface area contributed by atoms with Gasteiger partial charge in [-0.05, 0) is 24.6 Å². The third-order valence-corrected chi connectivity index (χ3v) is 1.19. The van der Waals surface area contributed by atoms with Crippen molar-refractivity contribution in [1.29, 1.82) is 0 Å². The molecule has 2 heteroatoms. The number of aliphatic imine (C=N–C) groups is 1. The third kappa shape index (κ3) is 4.13. The molecule has 10 heavy (non-hydrogen) atoms. The van der Waals surface area contributed by atoms with Crippen molar-refractivity contribution in [3.63, 3.8) is 0 Å². The summed E-state index contributed by atoms with van der Waals surface area (Å²) in [6.07, 6.45) is 4.38. The molecular weight excluding hydrogens is 124 g/mol. The van der Waals surface area contributed by atoms with Gasteiger partial charge in [0, 0.05) is 12.8 Å². The standard InChI is InChI=1S/C8H16N2/c1-7(2)6-8(10-3)4-5-9/h4-5,7H,6,9H2,1-3H3. The van der Waals surface area contributed by atoms with E-state index in [0.717, 1.165) is 12.1 Å². The van der Waals surface area contributed by atoms with Crippen molar-refractivity contribution in [2.75, 3.05) is 7.05 Å². The second-order valence-corrected chi connectivity index (χ2v) is 2.67. The minimum Gasteiger partial charge on any atom is -0.405 e. The Labute approximate surface area is 62.8 Å². The van der Waals surface area contributed by atoms with Crippen LogP contribution >= 0.6 is 0 Å². The van der Waals surface area contributed by atoms with Crippen molar-refractivity contribution in [2.45, 2.75) is 20.3 Å². The summed E-state index contributed by atoms with van der Waals surface area (Å²) in [6.45, 7) is 4.32. The maximum absolute atomic E-state index is 5.22. The number of hydrogen-bond donors (Lipinski definition) is 1. The molecule has 58 valence electrons. The summed E-state index contributed by atoms with van der Waals surface area (Å²) in [7, 11) is 1.79. The van der Waals surface area contributed by atoms with E-state index in [1.54, 1.807) is 7.05 Å². The van der Waals surface area contributed by atoms with Gasteiger partial charge in [0.2, 0.25) is 0 Å². The third-order valence-electron chi connectivity index (χ3n) is 1.19. The lowest BCUT2D eigenvalue weighted by Crippen LogP contribution is -2.00. The Balaban J connectivity index is 3.86. The second-order valence-electron chi connectivity index (χ2n) is 2.67. The monoisotopic (exact) mass is 140 g/mol. The molecule has 0 unspecified atom stereocenters. The number of hydrogen-bond acceptors (Lipinski definition) is 2. The zero-order valence-electron chi connectivity index (χ0n) is 6.96. The van der Waals surface area contributed by atoms with Gasteiger partial charge in [0.25, 0.3) is 0 Å². The van der Waals surface area contributed by atoms with Crippen LogP contribution in [0.15, 0.2) is 17.3 Å². The Morgan fingerprint density at radius 1 is 1.60 bits per heavy atom. The molecule has 0 saturated heterocycles. The van der Waals surface area contributed by atoms with E-state index >= 15 is 0 Å². The van der Waals surface area contributed by atoms with Crippen LogP contribution in [0.1, 0.15) is 20.3 Å². The van der Waals surface area contributed by atoms with Gasteiger partial charge >= 0.3 is 0 Å². The van der Waals surface area contributed by atoms with E-state index in [0.29, 0.717) is 5.92 Å². The molecule has 0 aromatic rings. The van der Waals surface area contributed by atoms with Crippen LogP contribution in [0.3, 0.4) is 0 Å². The van der Waals surface area contributed by atoms with Crippen LogP contribution in [0, 0.1) is 5.92 Å². The minimum absolute atomic E-state index is 0.648. The molecule has 0 aliphatic rings. The molecule has 0 fully saturated rings. The molecule has 2 nitrogen and oxygen atoms in total. The summed E-state index contributed by atoms with van der Waals surface area (Å²) in [5, 5.41) is 0. The van der Waals surface area contributed by atoms with Crippen molar-refractivity contribution in [2.24, 2.45) is 16.6 Å². The number of nitrogens with two attached hydrogens (primary N) is 1. The lowest BCUT2D eigenvalue weighted by atomic mass is 10.1. The summed E-state index contributed by atoms with van der Waals surface area (Å²) >= 11 is 0. The van der Waals surface area contributed by atoms with Crippen molar-refractivity contribution in [3.8, 4) is 0 Å². The zero-order valence-corrected chi connectivity index (χ0v) is 6.96. The lowest BCUT2D eigenvalue weighted by Gasteiger charge is -2.02. The fourth-order valence-electron chi connectivity index (χ4n) is 0.763. The van der Waals surface area contributed by atoms with Gasteiger partial charge in [0.1, 0.15) is 0 Å². The molecule has 0 spiro atoms. The van der Waals surface area contributed by atoms with Gasteiger partial charge in [0.05, 0.1) is 0 Å². The number of nitrogens with zero attached hydrogens (tertiary/aromatic N) is 1. The molecule has 0 heterocycles. The molecule has 0 saturated carbocycles. The highest BCUT2D eigenvalue weighted by molar-refractivity contribution is 5.94. The zero-order chi connectivity index (χ0) is 7.98. The average Bonchev–Trinajstić information content (AvgIpc) is 1.86. The molecule has 0 aromatic heterocycles. The summed E-state index contributed by atoms with van der Waals surface area (Å²) < 4.78 is 0. The SMILES string of the molecule is CN=C(C=CN)CC(C)C. The Hall–Kier alpha value is -0.790. The summed E-state index contributed by atoms with van der Waals surface area (Å²) in [5.74, 6) is 0.648. The van der Waals surface area contributed by atoms with Crippen molar-refractivity contribution >= 4 is 5.71 Å². The van der Waals surface area contributed by atoms with E-state index in [2.05, 4.69) is 18.8 Å². The van der Waals surface area contributed by atoms with Crippen LogP contribution in [0.5, 0.6) is 0 Å². The van der Waals surface area contributed by atoms with E-state index in [9.17, 15) is 0 Å². The Morgan fingerprint density at radius 3 is 2.50 bits per heavy atom. The molecule has 0 aromatic carbocycles. The van der Waals surface area contributed by atoms with Gasteiger partial charge in [-0.2, -0.15) is 0 Å². The molecule has 0 aliphatic carbocycles. The first-order valence-corrected chi connectivity index (χ1v) is 3.54. The summed E-state index contributed by atoms with van der Waals surface area (Å²) in [5.41, 5.74) is 6.29. The van der Waals surface area contributed by atoms with Gasteiger partial charge < -0.3 is 5.73 Å². The van der Waals surface area contributed by atoms with Gasteiger partial charge in [-0.1, -0.05) is 13.8 Å². The largest absolute Gasteiger partial charge is 0.405 e. The minimum atomic E-state index is 0.648. The maximum Gasteiger partial charge on any atom is 0.0361 e. The maximum atomic E-state index is 5.22. The molecular formula is C8H16N2. The molecule has 0 aliphatic heterocycles. The Morgan fingerprint density at radius 2 is 2.20 bits per heavy atom. The van der Waals surface area contributed by atoms with E-state index in [1.807, 2.05) is 6.08 Å². The molecule has 2 N–H and O–H groups in total. The van der Waals surface area contributed by atoms with E-state index < -0.39 is 0 Å². The first-order valence-electron chi connectivity index (χ1n) is 3.54. The van der Waals surface area contributed by atoms with Crippen LogP contribution in [-0.4, -0.2) is 12.8 Å². The van der Waals surface area contributed by atoms with Crippen LogP contribution in [-0.2, 0) is 0 Å². The molecule has 0 bridgehead atoms.